The number of rotatable bonds is 7. The van der Waals surface area contributed by atoms with Crippen molar-refractivity contribution in [1.29, 1.82) is 0 Å². The Kier molecular flexibility index (Phi) is 5.71. The monoisotopic (exact) mass is 478 g/mol. The second kappa shape index (κ2) is 8.48. The molecule has 1 aliphatic carbocycles. The third kappa shape index (κ3) is 4.12. The number of carbonyl (C=O) groups is 1. The highest BCUT2D eigenvalue weighted by Crippen LogP contribution is 2.51. The number of aliphatic hydroxyl groups excluding tert-OH is 1. The topological polar surface area (TPSA) is 82.0 Å². The van der Waals surface area contributed by atoms with Crippen LogP contribution in [0.15, 0.2) is 36.4 Å². The number of benzene rings is 2. The van der Waals surface area contributed by atoms with Gasteiger partial charge in [-0.1, -0.05) is 33.8 Å². The first-order valence-corrected chi connectivity index (χ1v) is 12.3. The van der Waals surface area contributed by atoms with E-state index in [1.165, 1.54) is 0 Å². The van der Waals surface area contributed by atoms with E-state index in [4.69, 9.17) is 14.2 Å². The molecule has 7 nitrogen and oxygen atoms in total. The molecule has 1 aliphatic heterocycles. The first kappa shape index (κ1) is 23.5. The maximum atomic E-state index is 13.5. The van der Waals surface area contributed by atoms with Gasteiger partial charge in [0.2, 0.25) is 12.7 Å². The number of amides is 1. The summed E-state index contributed by atoms with van der Waals surface area (Å²) in [5, 5.41) is 14.6. The van der Waals surface area contributed by atoms with Crippen molar-refractivity contribution in [3.63, 3.8) is 0 Å². The molecule has 5 rings (SSSR count). The van der Waals surface area contributed by atoms with E-state index in [2.05, 4.69) is 36.7 Å². The number of fused-ring (bicyclic) bond motifs is 2. The van der Waals surface area contributed by atoms with Crippen LogP contribution in [0.4, 0.5) is 5.69 Å². The van der Waals surface area contributed by atoms with Gasteiger partial charge in [0.25, 0.3) is 0 Å². The van der Waals surface area contributed by atoms with Gasteiger partial charge in [0.1, 0.15) is 5.75 Å². The summed E-state index contributed by atoms with van der Waals surface area (Å²) in [4.78, 5) is 13.5. The van der Waals surface area contributed by atoms with Crippen LogP contribution in [0.1, 0.15) is 58.2 Å². The van der Waals surface area contributed by atoms with Gasteiger partial charge in [-0.3, -0.25) is 4.79 Å². The van der Waals surface area contributed by atoms with Gasteiger partial charge in [0.15, 0.2) is 11.5 Å². The summed E-state index contributed by atoms with van der Waals surface area (Å²) in [7, 11) is 1.64. The molecule has 1 atom stereocenters. The lowest BCUT2D eigenvalue weighted by atomic mass is 9.92. The number of carbonyl (C=O) groups excluding carboxylic acids is 1. The molecule has 2 aromatic carbocycles. The maximum Gasteiger partial charge on any atom is 0.235 e. The Bertz CT molecular complexity index is 1280. The summed E-state index contributed by atoms with van der Waals surface area (Å²) >= 11 is 0. The third-order valence-electron chi connectivity index (χ3n) is 7.18. The number of ether oxygens (including phenoxy) is 3. The van der Waals surface area contributed by atoms with Crippen LogP contribution >= 0.6 is 0 Å². The lowest BCUT2D eigenvalue weighted by Gasteiger charge is -2.24. The van der Waals surface area contributed by atoms with Gasteiger partial charge in [-0.2, -0.15) is 0 Å². The van der Waals surface area contributed by atoms with Crippen LogP contribution in [0.25, 0.3) is 10.9 Å². The molecule has 35 heavy (non-hydrogen) atoms. The SMILES string of the molecule is CCC(O)Cn1c(C(C)(C)C)cc2cc(NC(=O)C3(c4ccc5c(c4)OCO5)CC3)cc(OC)c21. The molecule has 0 spiro atoms. The van der Waals surface area contributed by atoms with Crippen LogP contribution in [0.3, 0.4) is 0 Å². The molecule has 0 saturated heterocycles. The lowest BCUT2D eigenvalue weighted by Crippen LogP contribution is -2.27. The van der Waals surface area contributed by atoms with Gasteiger partial charge >= 0.3 is 0 Å². The van der Waals surface area contributed by atoms with E-state index in [1.54, 1.807) is 7.11 Å². The molecule has 1 aromatic heterocycles. The van der Waals surface area contributed by atoms with Crippen LogP contribution in [-0.2, 0) is 22.2 Å². The second-order valence-electron chi connectivity index (χ2n) is 10.7. The molecule has 2 N–H and O–H groups in total. The molecular weight excluding hydrogens is 444 g/mol. The van der Waals surface area contributed by atoms with Crippen molar-refractivity contribution in [1.82, 2.24) is 4.57 Å². The van der Waals surface area contributed by atoms with Crippen molar-refractivity contribution < 1.29 is 24.1 Å². The molecule has 1 fully saturated rings. The molecule has 7 heteroatoms. The number of hydrogen-bond donors (Lipinski definition) is 2. The Hall–Kier alpha value is -3.19. The summed E-state index contributed by atoms with van der Waals surface area (Å²) < 4.78 is 18.9. The number of nitrogens with one attached hydrogen (secondary N) is 1. The minimum atomic E-state index is -0.559. The van der Waals surface area contributed by atoms with Gasteiger partial charge < -0.3 is 29.2 Å². The lowest BCUT2D eigenvalue weighted by molar-refractivity contribution is -0.118. The molecular formula is C28H34N2O5. The zero-order valence-electron chi connectivity index (χ0n) is 21.1. The second-order valence-corrected chi connectivity index (χ2v) is 10.7. The fraction of sp³-hybridized carbons (Fsp3) is 0.464. The molecule has 2 aliphatic rings. The average molecular weight is 479 g/mol. The van der Waals surface area contributed by atoms with E-state index >= 15 is 0 Å². The van der Waals surface area contributed by atoms with Gasteiger partial charge in [-0.25, -0.2) is 0 Å². The number of aromatic nitrogens is 1. The fourth-order valence-corrected chi connectivity index (χ4v) is 4.97. The van der Waals surface area contributed by atoms with E-state index < -0.39 is 11.5 Å². The summed E-state index contributed by atoms with van der Waals surface area (Å²) in [5.41, 5.74) is 3.00. The van der Waals surface area contributed by atoms with Crippen LogP contribution in [-0.4, -0.2) is 35.6 Å². The van der Waals surface area contributed by atoms with E-state index in [0.717, 1.165) is 35.0 Å². The molecule has 0 bridgehead atoms. The first-order valence-electron chi connectivity index (χ1n) is 12.3. The van der Waals surface area contributed by atoms with Crippen molar-refractivity contribution in [2.75, 3.05) is 19.2 Å². The molecule has 2 heterocycles. The summed E-state index contributed by atoms with van der Waals surface area (Å²) in [6, 6.07) is 11.8. The van der Waals surface area contributed by atoms with E-state index in [0.29, 0.717) is 35.9 Å². The number of aliphatic hydroxyl groups is 1. The number of hydrogen-bond acceptors (Lipinski definition) is 5. The largest absolute Gasteiger partial charge is 0.494 e. The maximum absolute atomic E-state index is 13.5. The Morgan fingerprint density at radius 1 is 1.17 bits per heavy atom. The predicted octanol–water partition coefficient (Wildman–Crippen LogP) is 5.12. The molecule has 3 aromatic rings. The van der Waals surface area contributed by atoms with Crippen molar-refractivity contribution in [3.8, 4) is 17.2 Å². The van der Waals surface area contributed by atoms with Crippen molar-refractivity contribution >= 4 is 22.5 Å². The van der Waals surface area contributed by atoms with Gasteiger partial charge in [-0.15, -0.1) is 0 Å². The minimum Gasteiger partial charge on any atom is -0.494 e. The highest BCUT2D eigenvalue weighted by molar-refractivity contribution is 6.03. The third-order valence-corrected chi connectivity index (χ3v) is 7.18. The Morgan fingerprint density at radius 3 is 2.57 bits per heavy atom. The van der Waals surface area contributed by atoms with Gasteiger partial charge in [0.05, 0.1) is 24.1 Å². The quantitative estimate of drug-likeness (QED) is 0.493. The van der Waals surface area contributed by atoms with Gasteiger partial charge in [0, 0.05) is 34.8 Å². The molecule has 0 radical (unpaired) electrons. The van der Waals surface area contributed by atoms with E-state index in [9.17, 15) is 9.90 Å². The van der Waals surface area contributed by atoms with E-state index in [1.807, 2.05) is 37.3 Å². The Morgan fingerprint density at radius 2 is 1.91 bits per heavy atom. The highest BCUT2D eigenvalue weighted by Gasteiger charge is 2.51. The predicted molar refractivity (Wildman–Crippen MR) is 136 cm³/mol. The zero-order valence-corrected chi connectivity index (χ0v) is 21.1. The molecule has 1 unspecified atom stereocenters. The fourth-order valence-electron chi connectivity index (χ4n) is 4.97. The first-order chi connectivity index (χ1) is 16.7. The molecule has 1 saturated carbocycles. The Labute approximate surface area is 206 Å². The highest BCUT2D eigenvalue weighted by atomic mass is 16.7. The van der Waals surface area contributed by atoms with Crippen molar-refractivity contribution in [2.45, 2.75) is 70.4 Å². The number of anilines is 1. The summed E-state index contributed by atoms with van der Waals surface area (Å²) in [6.45, 7) is 9.16. The van der Waals surface area contributed by atoms with E-state index in [-0.39, 0.29) is 18.1 Å². The minimum absolute atomic E-state index is 0.0327. The molecule has 186 valence electrons. The van der Waals surface area contributed by atoms with Crippen LogP contribution in [0.2, 0.25) is 0 Å². The summed E-state index contributed by atoms with van der Waals surface area (Å²) in [6.07, 6.45) is 1.79. The molecule has 1 amide bonds. The summed E-state index contributed by atoms with van der Waals surface area (Å²) in [5.74, 6) is 2.04. The number of methoxy groups -OCH3 is 1. The smallest absolute Gasteiger partial charge is 0.235 e. The number of nitrogens with zero attached hydrogens (tertiary/aromatic N) is 1. The Balaban J connectivity index is 1.50. The standard InChI is InChI=1S/C28H34N2O5/c1-6-20(31)15-30-24(27(2,3)4)12-17-11-19(14-23(33-5)25(17)30)29-26(32)28(9-10-28)18-7-8-21-22(13-18)35-16-34-21/h7-8,11-14,20,31H,6,9-10,15-16H2,1-5H3,(H,29,32). The zero-order chi connectivity index (χ0) is 25.0. The van der Waals surface area contributed by atoms with Crippen LogP contribution in [0, 0.1) is 0 Å². The average Bonchev–Trinajstić information content (AvgIpc) is 3.36. The van der Waals surface area contributed by atoms with Gasteiger partial charge in [-0.05, 0) is 49.1 Å². The van der Waals surface area contributed by atoms with Crippen molar-refractivity contribution in [3.05, 3.63) is 47.7 Å². The normalized spacial score (nSPS) is 16.9. The van der Waals surface area contributed by atoms with Crippen LogP contribution < -0.4 is 19.5 Å². The van der Waals surface area contributed by atoms with Crippen molar-refractivity contribution in [2.24, 2.45) is 0 Å². The van der Waals surface area contributed by atoms with Crippen LogP contribution in [0.5, 0.6) is 17.2 Å².